The van der Waals surface area contributed by atoms with E-state index in [1.54, 1.807) is 12.1 Å². The molecule has 0 atom stereocenters. The normalized spacial score (nSPS) is 15.9. The Morgan fingerprint density at radius 3 is 2.79 bits per heavy atom. The van der Waals surface area contributed by atoms with Gasteiger partial charge in [-0.25, -0.2) is 0 Å². The first-order chi connectivity index (χ1) is 9.18. The van der Waals surface area contributed by atoms with Gasteiger partial charge in [-0.3, -0.25) is 4.79 Å². The molecule has 0 unspecified atom stereocenters. The molecule has 1 aliphatic rings. The number of aromatic amines is 1. The molecular weight excluding hydrogens is 242 g/mol. The lowest BCUT2D eigenvalue weighted by Gasteiger charge is -2.27. The second-order valence-corrected chi connectivity index (χ2v) is 4.87. The van der Waals surface area contributed by atoms with Crippen LogP contribution in [0.4, 0.5) is 0 Å². The van der Waals surface area contributed by atoms with Gasteiger partial charge in [0.2, 0.25) is 0 Å². The maximum Gasteiger partial charge on any atom is 0.256 e. The third-order valence-electron chi connectivity index (χ3n) is 3.61. The molecule has 1 fully saturated rings. The molecule has 0 saturated carbocycles. The molecule has 19 heavy (non-hydrogen) atoms. The van der Waals surface area contributed by atoms with Gasteiger partial charge in [-0.2, -0.15) is 0 Å². The molecule has 5 nitrogen and oxygen atoms in total. The van der Waals surface area contributed by atoms with Crippen LogP contribution < -0.4 is 5.32 Å². The van der Waals surface area contributed by atoms with Gasteiger partial charge in [-0.05, 0) is 19.1 Å². The van der Waals surface area contributed by atoms with E-state index in [0.29, 0.717) is 24.0 Å². The summed E-state index contributed by atoms with van der Waals surface area (Å²) in [4.78, 5) is 17.6. The number of H-pyrrole nitrogens is 1. The smallest absolute Gasteiger partial charge is 0.256 e. The Kier molecular flexibility index (Phi) is 2.91. The number of nitrogens with one attached hydrogen (secondary N) is 2. The summed E-state index contributed by atoms with van der Waals surface area (Å²) >= 11 is 0. The Balaban J connectivity index is 2.08. The topological polar surface area (TPSA) is 68.4 Å². The third-order valence-corrected chi connectivity index (χ3v) is 3.61. The zero-order chi connectivity index (χ0) is 13.4. The number of aryl methyl sites for hydroxylation is 1. The van der Waals surface area contributed by atoms with Crippen molar-refractivity contribution in [3.05, 3.63) is 29.5 Å². The average molecular weight is 259 g/mol. The van der Waals surface area contributed by atoms with Gasteiger partial charge in [-0.15, -0.1) is 0 Å². The van der Waals surface area contributed by atoms with Crippen LogP contribution >= 0.6 is 0 Å². The number of fused-ring (bicyclic) bond motifs is 1. The first-order valence-electron chi connectivity index (χ1n) is 6.48. The minimum absolute atomic E-state index is 0.00764. The first-order valence-corrected chi connectivity index (χ1v) is 6.48. The van der Waals surface area contributed by atoms with Gasteiger partial charge in [0.1, 0.15) is 5.75 Å². The number of amides is 1. The van der Waals surface area contributed by atoms with Crippen molar-refractivity contribution in [1.29, 1.82) is 0 Å². The van der Waals surface area contributed by atoms with Crippen LogP contribution in [0.5, 0.6) is 5.75 Å². The van der Waals surface area contributed by atoms with E-state index in [4.69, 9.17) is 0 Å². The molecule has 1 saturated heterocycles. The Bertz CT molecular complexity index is 627. The van der Waals surface area contributed by atoms with E-state index in [-0.39, 0.29) is 11.7 Å². The maximum atomic E-state index is 12.6. The second kappa shape index (κ2) is 4.59. The molecule has 1 amide bonds. The number of piperazine rings is 1. The zero-order valence-electron chi connectivity index (χ0n) is 10.9. The van der Waals surface area contributed by atoms with Gasteiger partial charge >= 0.3 is 0 Å². The van der Waals surface area contributed by atoms with Crippen LogP contribution in [0.3, 0.4) is 0 Å². The number of aromatic hydroxyl groups is 1. The summed E-state index contributed by atoms with van der Waals surface area (Å²) in [5.41, 5.74) is 2.20. The number of benzene rings is 1. The van der Waals surface area contributed by atoms with Crippen LogP contribution in [0.15, 0.2) is 18.2 Å². The molecule has 0 spiro atoms. The van der Waals surface area contributed by atoms with Gasteiger partial charge < -0.3 is 20.3 Å². The highest BCUT2D eigenvalue weighted by Gasteiger charge is 2.24. The number of phenolic OH excluding ortho intramolecular Hbond substituents is 1. The van der Waals surface area contributed by atoms with E-state index in [1.807, 2.05) is 17.9 Å². The maximum absolute atomic E-state index is 12.6. The van der Waals surface area contributed by atoms with Crippen molar-refractivity contribution in [2.24, 2.45) is 0 Å². The van der Waals surface area contributed by atoms with Gasteiger partial charge in [0.15, 0.2) is 0 Å². The lowest BCUT2D eigenvalue weighted by molar-refractivity contribution is 0.0737. The molecule has 2 aromatic rings. The molecule has 5 heteroatoms. The molecule has 2 heterocycles. The molecule has 1 aromatic heterocycles. The summed E-state index contributed by atoms with van der Waals surface area (Å²) in [5, 5.41) is 13.9. The molecule has 0 aliphatic carbocycles. The van der Waals surface area contributed by atoms with Gasteiger partial charge in [0, 0.05) is 31.9 Å². The summed E-state index contributed by atoms with van der Waals surface area (Å²) < 4.78 is 0. The fourth-order valence-electron chi connectivity index (χ4n) is 2.65. The van der Waals surface area contributed by atoms with E-state index >= 15 is 0 Å². The van der Waals surface area contributed by atoms with E-state index in [2.05, 4.69) is 10.3 Å². The molecule has 3 N–H and O–H groups in total. The van der Waals surface area contributed by atoms with Crippen LogP contribution in [0.2, 0.25) is 0 Å². The first kappa shape index (κ1) is 12.0. The lowest BCUT2D eigenvalue weighted by Crippen LogP contribution is -2.46. The highest BCUT2D eigenvalue weighted by molar-refractivity contribution is 6.10. The van der Waals surface area contributed by atoms with E-state index in [9.17, 15) is 9.90 Å². The van der Waals surface area contributed by atoms with Gasteiger partial charge in [0.25, 0.3) is 5.91 Å². The number of nitrogens with zero attached hydrogens (tertiary/aromatic N) is 1. The second-order valence-electron chi connectivity index (χ2n) is 4.87. The highest BCUT2D eigenvalue weighted by atomic mass is 16.3. The number of carbonyl (C=O) groups is 1. The summed E-state index contributed by atoms with van der Waals surface area (Å²) in [7, 11) is 0. The number of hydrogen-bond donors (Lipinski definition) is 3. The fraction of sp³-hybridized carbons (Fsp3) is 0.357. The van der Waals surface area contributed by atoms with Crippen LogP contribution in [0.25, 0.3) is 10.9 Å². The summed E-state index contributed by atoms with van der Waals surface area (Å²) in [6.07, 6.45) is 0. The highest BCUT2D eigenvalue weighted by Crippen LogP contribution is 2.30. The molecular formula is C14H17N3O2. The van der Waals surface area contributed by atoms with E-state index < -0.39 is 0 Å². The average Bonchev–Trinajstić information content (AvgIpc) is 2.76. The standard InChI is InChI=1S/C14H17N3O2/c1-9-12(14(19)17-7-5-15-6-8-17)13-10(16-9)3-2-4-11(13)18/h2-4,15-16,18H,5-8H2,1H3. The SMILES string of the molecule is Cc1[nH]c2cccc(O)c2c1C(=O)N1CCNCC1. The minimum Gasteiger partial charge on any atom is -0.507 e. The Morgan fingerprint density at radius 2 is 2.05 bits per heavy atom. The Labute approximate surface area is 111 Å². The van der Waals surface area contributed by atoms with Crippen molar-refractivity contribution in [2.45, 2.75) is 6.92 Å². The molecule has 1 aromatic carbocycles. The monoisotopic (exact) mass is 259 g/mol. The Hall–Kier alpha value is -2.01. The zero-order valence-corrected chi connectivity index (χ0v) is 10.9. The molecule has 0 radical (unpaired) electrons. The van der Waals surface area contributed by atoms with Crippen molar-refractivity contribution < 1.29 is 9.90 Å². The summed E-state index contributed by atoms with van der Waals surface area (Å²) in [5.74, 6) is 0.145. The van der Waals surface area contributed by atoms with Crippen molar-refractivity contribution in [3.8, 4) is 5.75 Å². The number of phenols is 1. The largest absolute Gasteiger partial charge is 0.507 e. The molecule has 100 valence electrons. The quantitative estimate of drug-likeness (QED) is 0.721. The molecule has 1 aliphatic heterocycles. The molecule has 3 rings (SSSR count). The minimum atomic E-state index is -0.00764. The van der Waals surface area contributed by atoms with Gasteiger partial charge in [-0.1, -0.05) is 6.07 Å². The fourth-order valence-corrected chi connectivity index (χ4v) is 2.65. The lowest BCUT2D eigenvalue weighted by atomic mass is 10.1. The summed E-state index contributed by atoms with van der Waals surface area (Å²) in [6, 6.07) is 5.26. The van der Waals surface area contributed by atoms with Gasteiger partial charge in [0.05, 0.1) is 16.5 Å². The summed E-state index contributed by atoms with van der Waals surface area (Å²) in [6.45, 7) is 4.92. The number of rotatable bonds is 1. The van der Waals surface area contributed by atoms with Crippen LogP contribution in [-0.4, -0.2) is 47.1 Å². The number of aromatic nitrogens is 1. The van der Waals surface area contributed by atoms with E-state index in [1.165, 1.54) is 0 Å². The van der Waals surface area contributed by atoms with Crippen LogP contribution in [0.1, 0.15) is 16.1 Å². The number of carbonyl (C=O) groups excluding carboxylic acids is 1. The number of hydrogen-bond acceptors (Lipinski definition) is 3. The van der Waals surface area contributed by atoms with Crippen LogP contribution in [-0.2, 0) is 0 Å². The van der Waals surface area contributed by atoms with Crippen molar-refractivity contribution in [3.63, 3.8) is 0 Å². The van der Waals surface area contributed by atoms with Crippen molar-refractivity contribution in [2.75, 3.05) is 26.2 Å². The van der Waals surface area contributed by atoms with Crippen molar-refractivity contribution >= 4 is 16.8 Å². The predicted molar refractivity (Wildman–Crippen MR) is 73.5 cm³/mol. The van der Waals surface area contributed by atoms with Crippen LogP contribution in [0, 0.1) is 6.92 Å². The Morgan fingerprint density at radius 1 is 1.32 bits per heavy atom. The van der Waals surface area contributed by atoms with Crippen molar-refractivity contribution in [1.82, 2.24) is 15.2 Å². The third kappa shape index (κ3) is 1.96. The van der Waals surface area contributed by atoms with E-state index in [0.717, 1.165) is 24.3 Å². The molecule has 0 bridgehead atoms. The predicted octanol–water partition coefficient (Wildman–Crippen LogP) is 1.23.